The van der Waals surface area contributed by atoms with Gasteiger partial charge in [-0.1, -0.05) is 6.07 Å². The second-order valence-electron chi connectivity index (χ2n) is 5.35. The Morgan fingerprint density at radius 3 is 2.58 bits per heavy atom. The van der Waals surface area contributed by atoms with Gasteiger partial charge in [-0.3, -0.25) is 4.79 Å². The van der Waals surface area contributed by atoms with E-state index in [0.29, 0.717) is 24.5 Å². The van der Waals surface area contributed by atoms with Crippen molar-refractivity contribution in [1.82, 2.24) is 5.32 Å². The molecule has 0 saturated carbocycles. The average Bonchev–Trinajstić information content (AvgIpc) is 3.00. The van der Waals surface area contributed by atoms with Gasteiger partial charge in [0.05, 0.1) is 18.0 Å². The molecule has 6 heteroatoms. The molecule has 0 spiro atoms. The van der Waals surface area contributed by atoms with Gasteiger partial charge in [-0.25, -0.2) is 0 Å². The molecule has 4 nitrogen and oxygen atoms in total. The molecule has 24 heavy (non-hydrogen) atoms. The number of benzene rings is 1. The van der Waals surface area contributed by atoms with Crippen molar-refractivity contribution in [1.29, 1.82) is 0 Å². The number of carbonyl (C=O) groups is 1. The van der Waals surface area contributed by atoms with Crippen LogP contribution in [0, 0.1) is 0 Å². The molecule has 1 aromatic heterocycles. The Bertz CT molecular complexity index is 672. The number of aryl methyl sites for hydroxylation is 1. The molecule has 0 fully saturated rings. The van der Waals surface area contributed by atoms with E-state index in [-0.39, 0.29) is 5.91 Å². The molecule has 0 radical (unpaired) electrons. The van der Waals surface area contributed by atoms with Crippen LogP contribution in [0.15, 0.2) is 34.1 Å². The summed E-state index contributed by atoms with van der Waals surface area (Å²) >= 11 is 5.17. The first-order chi connectivity index (χ1) is 11.6. The number of methoxy groups -OCH3 is 2. The zero-order valence-electron chi connectivity index (χ0n) is 13.9. The minimum absolute atomic E-state index is 0.103. The molecule has 1 amide bonds. The Kier molecular flexibility index (Phi) is 7.59. The number of nitrogens with one attached hydrogen (secondary N) is 1. The molecule has 1 aromatic carbocycles. The van der Waals surface area contributed by atoms with Gasteiger partial charge >= 0.3 is 0 Å². The SMILES string of the molecule is COc1ccc(CCNC(=O)CCCc2ccc(Br)s2)cc1OC. The van der Waals surface area contributed by atoms with Crippen molar-refractivity contribution >= 4 is 33.2 Å². The predicted molar refractivity (Wildman–Crippen MR) is 101 cm³/mol. The van der Waals surface area contributed by atoms with Gasteiger partial charge in [0.15, 0.2) is 11.5 Å². The van der Waals surface area contributed by atoms with E-state index in [2.05, 4.69) is 27.3 Å². The highest BCUT2D eigenvalue weighted by atomic mass is 79.9. The van der Waals surface area contributed by atoms with Crippen LogP contribution in [-0.4, -0.2) is 26.7 Å². The van der Waals surface area contributed by atoms with E-state index in [1.807, 2.05) is 24.3 Å². The van der Waals surface area contributed by atoms with Gasteiger partial charge in [-0.15, -0.1) is 11.3 Å². The summed E-state index contributed by atoms with van der Waals surface area (Å²) in [5, 5.41) is 2.97. The van der Waals surface area contributed by atoms with Gasteiger partial charge in [0.25, 0.3) is 0 Å². The van der Waals surface area contributed by atoms with Crippen LogP contribution < -0.4 is 14.8 Å². The van der Waals surface area contributed by atoms with E-state index in [0.717, 1.165) is 28.6 Å². The Hall–Kier alpha value is -1.53. The number of hydrogen-bond acceptors (Lipinski definition) is 4. The summed E-state index contributed by atoms with van der Waals surface area (Å²) in [5.41, 5.74) is 1.11. The molecule has 1 N–H and O–H groups in total. The molecule has 1 heterocycles. The lowest BCUT2D eigenvalue weighted by atomic mass is 10.1. The first-order valence-electron chi connectivity index (χ1n) is 7.84. The van der Waals surface area contributed by atoms with Gasteiger partial charge in [0.2, 0.25) is 5.91 Å². The van der Waals surface area contributed by atoms with Gasteiger partial charge in [0.1, 0.15) is 0 Å². The Morgan fingerprint density at radius 2 is 1.92 bits per heavy atom. The highest BCUT2D eigenvalue weighted by Gasteiger charge is 2.06. The fourth-order valence-electron chi connectivity index (χ4n) is 2.38. The van der Waals surface area contributed by atoms with Gasteiger partial charge < -0.3 is 14.8 Å². The van der Waals surface area contributed by atoms with E-state index in [9.17, 15) is 4.79 Å². The minimum atomic E-state index is 0.103. The Balaban J connectivity index is 1.68. The topological polar surface area (TPSA) is 47.6 Å². The van der Waals surface area contributed by atoms with Crippen molar-refractivity contribution in [2.75, 3.05) is 20.8 Å². The van der Waals surface area contributed by atoms with Crippen molar-refractivity contribution in [2.24, 2.45) is 0 Å². The first kappa shape index (κ1) is 18.8. The van der Waals surface area contributed by atoms with Crippen LogP contribution >= 0.6 is 27.3 Å². The molecular weight excluding hydrogens is 390 g/mol. The molecule has 0 saturated heterocycles. The highest BCUT2D eigenvalue weighted by Crippen LogP contribution is 2.27. The Morgan fingerprint density at radius 1 is 1.12 bits per heavy atom. The number of hydrogen-bond donors (Lipinski definition) is 1. The summed E-state index contributed by atoms with van der Waals surface area (Å²) in [6.07, 6.45) is 3.14. The number of amides is 1. The fourth-order valence-corrected chi connectivity index (χ4v) is 3.91. The van der Waals surface area contributed by atoms with Gasteiger partial charge in [0, 0.05) is 17.8 Å². The number of ether oxygens (including phenoxy) is 2. The van der Waals surface area contributed by atoms with Crippen LogP contribution in [0.3, 0.4) is 0 Å². The van der Waals surface area contributed by atoms with Crippen LogP contribution in [0.2, 0.25) is 0 Å². The largest absolute Gasteiger partial charge is 0.493 e. The van der Waals surface area contributed by atoms with E-state index >= 15 is 0 Å². The lowest BCUT2D eigenvalue weighted by Gasteiger charge is -2.10. The van der Waals surface area contributed by atoms with E-state index in [4.69, 9.17) is 9.47 Å². The zero-order valence-corrected chi connectivity index (χ0v) is 16.3. The third-order valence-electron chi connectivity index (χ3n) is 3.64. The standard InChI is InChI=1S/C18H22BrNO3S/c1-22-15-8-6-13(12-16(15)23-2)10-11-20-18(21)5-3-4-14-7-9-17(19)24-14/h6-9,12H,3-5,10-11H2,1-2H3,(H,20,21). The van der Waals surface area contributed by atoms with Crippen LogP contribution in [0.5, 0.6) is 11.5 Å². The lowest BCUT2D eigenvalue weighted by Crippen LogP contribution is -2.25. The summed E-state index contributed by atoms with van der Waals surface area (Å²) in [6.45, 7) is 0.624. The summed E-state index contributed by atoms with van der Waals surface area (Å²) in [4.78, 5) is 13.2. The second kappa shape index (κ2) is 9.69. The molecular formula is C18H22BrNO3S. The molecule has 0 unspecified atom stereocenters. The van der Waals surface area contributed by atoms with Gasteiger partial charge in [-0.05, 0) is 65.0 Å². The molecule has 0 aliphatic heterocycles. The maximum absolute atomic E-state index is 11.9. The van der Waals surface area contributed by atoms with Crippen LogP contribution in [0.4, 0.5) is 0 Å². The molecule has 0 aliphatic rings. The van der Waals surface area contributed by atoms with Crippen LogP contribution in [-0.2, 0) is 17.6 Å². The van der Waals surface area contributed by atoms with Crippen molar-refractivity contribution in [3.8, 4) is 11.5 Å². The summed E-state index contributed by atoms with van der Waals surface area (Å²) < 4.78 is 11.6. The number of thiophene rings is 1. The number of halogens is 1. The van der Waals surface area contributed by atoms with E-state index < -0.39 is 0 Å². The van der Waals surface area contributed by atoms with Crippen LogP contribution in [0.25, 0.3) is 0 Å². The van der Waals surface area contributed by atoms with Crippen molar-refractivity contribution in [3.05, 3.63) is 44.6 Å². The van der Waals surface area contributed by atoms with Crippen molar-refractivity contribution in [2.45, 2.75) is 25.7 Å². The van der Waals surface area contributed by atoms with E-state index in [1.54, 1.807) is 25.6 Å². The first-order valence-corrected chi connectivity index (χ1v) is 9.45. The quantitative estimate of drug-likeness (QED) is 0.671. The second-order valence-corrected chi connectivity index (χ2v) is 7.90. The average molecular weight is 412 g/mol. The highest BCUT2D eigenvalue weighted by molar-refractivity contribution is 9.11. The maximum atomic E-state index is 11.9. The molecule has 0 atom stereocenters. The number of rotatable bonds is 9. The summed E-state index contributed by atoms with van der Waals surface area (Å²) in [7, 11) is 3.24. The third-order valence-corrected chi connectivity index (χ3v) is 5.32. The lowest BCUT2D eigenvalue weighted by molar-refractivity contribution is -0.121. The smallest absolute Gasteiger partial charge is 0.220 e. The van der Waals surface area contributed by atoms with Crippen molar-refractivity contribution < 1.29 is 14.3 Å². The minimum Gasteiger partial charge on any atom is -0.493 e. The maximum Gasteiger partial charge on any atom is 0.220 e. The molecule has 2 rings (SSSR count). The summed E-state index contributed by atoms with van der Waals surface area (Å²) in [5.74, 6) is 1.53. The molecule has 0 aliphatic carbocycles. The van der Waals surface area contributed by atoms with E-state index in [1.165, 1.54) is 4.88 Å². The normalized spacial score (nSPS) is 10.5. The summed E-state index contributed by atoms with van der Waals surface area (Å²) in [6, 6.07) is 9.96. The van der Waals surface area contributed by atoms with Gasteiger partial charge in [-0.2, -0.15) is 0 Å². The monoisotopic (exact) mass is 411 g/mol. The molecule has 130 valence electrons. The number of carbonyl (C=O) groups excluding carboxylic acids is 1. The molecule has 2 aromatic rings. The molecule has 0 bridgehead atoms. The fraction of sp³-hybridized carbons (Fsp3) is 0.389. The predicted octanol–water partition coefficient (Wildman–Crippen LogP) is 4.21. The van der Waals surface area contributed by atoms with Crippen LogP contribution in [0.1, 0.15) is 23.3 Å². The Labute approximate surface area is 155 Å². The van der Waals surface area contributed by atoms with Crippen molar-refractivity contribution in [3.63, 3.8) is 0 Å². The third kappa shape index (κ3) is 5.83. The zero-order chi connectivity index (χ0) is 17.4.